The number of hydrogen-bond donors (Lipinski definition) is 2. The molecule has 27 heavy (non-hydrogen) atoms. The van der Waals surface area contributed by atoms with Crippen molar-refractivity contribution in [3.05, 3.63) is 48.0 Å². The van der Waals surface area contributed by atoms with Crippen molar-refractivity contribution in [1.29, 1.82) is 0 Å². The van der Waals surface area contributed by atoms with E-state index in [4.69, 9.17) is 0 Å². The van der Waals surface area contributed by atoms with Gasteiger partial charge in [0, 0.05) is 18.7 Å². The molecule has 7 nitrogen and oxygen atoms in total. The first-order chi connectivity index (χ1) is 13.1. The van der Waals surface area contributed by atoms with Gasteiger partial charge in [0.25, 0.3) is 5.91 Å². The monoisotopic (exact) mass is 367 g/mol. The number of likely N-dealkylation sites (tertiary alicyclic amines) is 1. The number of imide groups is 1. The molecule has 1 heterocycles. The van der Waals surface area contributed by atoms with E-state index in [0.29, 0.717) is 5.56 Å². The molecule has 7 heteroatoms. The second-order valence-electron chi connectivity index (χ2n) is 7.23. The minimum atomic E-state index is -0.397. The first kappa shape index (κ1) is 17.5. The third kappa shape index (κ3) is 3.13. The van der Waals surface area contributed by atoms with E-state index in [1.165, 1.54) is 0 Å². The molecule has 1 aromatic carbocycles. The van der Waals surface area contributed by atoms with Crippen molar-refractivity contribution in [3.8, 4) is 0 Å². The topological polar surface area (TPSA) is 95.6 Å². The first-order valence-corrected chi connectivity index (χ1v) is 9.20. The maximum absolute atomic E-state index is 12.5. The molecular weight excluding hydrogens is 346 g/mol. The number of rotatable bonds is 6. The van der Waals surface area contributed by atoms with Crippen LogP contribution in [0.3, 0.4) is 0 Å². The van der Waals surface area contributed by atoms with Crippen LogP contribution in [0.15, 0.2) is 42.5 Å². The molecule has 4 atom stereocenters. The van der Waals surface area contributed by atoms with Crippen LogP contribution >= 0.6 is 0 Å². The SMILES string of the molecule is O=C(CN1C(=O)C2C3C=CC(C3)C2C1=O)NCCNC(=O)c1ccccc1. The minimum Gasteiger partial charge on any atom is -0.353 e. The lowest BCUT2D eigenvalue weighted by atomic mass is 9.85. The minimum absolute atomic E-state index is 0.137. The van der Waals surface area contributed by atoms with E-state index in [1.54, 1.807) is 24.3 Å². The molecule has 1 aliphatic heterocycles. The molecule has 0 aromatic heterocycles. The Morgan fingerprint density at radius 2 is 1.52 bits per heavy atom. The third-order valence-electron chi connectivity index (χ3n) is 5.63. The second kappa shape index (κ2) is 6.98. The van der Waals surface area contributed by atoms with E-state index in [-0.39, 0.29) is 61.0 Å². The molecule has 2 N–H and O–H groups in total. The maximum atomic E-state index is 12.5. The van der Waals surface area contributed by atoms with E-state index in [2.05, 4.69) is 10.6 Å². The number of nitrogens with one attached hydrogen (secondary N) is 2. The van der Waals surface area contributed by atoms with Gasteiger partial charge in [-0.1, -0.05) is 30.4 Å². The first-order valence-electron chi connectivity index (χ1n) is 9.20. The van der Waals surface area contributed by atoms with E-state index >= 15 is 0 Å². The van der Waals surface area contributed by atoms with Crippen molar-refractivity contribution in [2.45, 2.75) is 6.42 Å². The van der Waals surface area contributed by atoms with Crippen LogP contribution in [0.4, 0.5) is 0 Å². The second-order valence-corrected chi connectivity index (χ2v) is 7.23. The number of carbonyl (C=O) groups is 4. The Hall–Kier alpha value is -2.96. The van der Waals surface area contributed by atoms with Crippen LogP contribution in [0.5, 0.6) is 0 Å². The largest absolute Gasteiger partial charge is 0.353 e. The van der Waals surface area contributed by atoms with Crippen LogP contribution in [-0.4, -0.2) is 48.2 Å². The van der Waals surface area contributed by atoms with Crippen LogP contribution in [-0.2, 0) is 14.4 Å². The fourth-order valence-electron chi connectivity index (χ4n) is 4.39. The Balaban J connectivity index is 1.23. The number of nitrogens with zero attached hydrogens (tertiary/aromatic N) is 1. The summed E-state index contributed by atoms with van der Waals surface area (Å²) in [5.74, 6) is -1.37. The Morgan fingerprint density at radius 3 is 2.15 bits per heavy atom. The molecule has 2 bridgehead atoms. The van der Waals surface area contributed by atoms with Crippen molar-refractivity contribution in [2.24, 2.45) is 23.7 Å². The third-order valence-corrected chi connectivity index (χ3v) is 5.63. The van der Waals surface area contributed by atoms with Gasteiger partial charge in [-0.3, -0.25) is 24.1 Å². The molecule has 140 valence electrons. The highest BCUT2D eigenvalue weighted by atomic mass is 16.2. The molecule has 4 unspecified atom stereocenters. The molecule has 1 saturated heterocycles. The number of fused-ring (bicyclic) bond motifs is 5. The molecule has 4 rings (SSSR count). The Labute approximate surface area is 156 Å². The summed E-state index contributed by atoms with van der Waals surface area (Å²) in [6, 6.07) is 8.79. The Morgan fingerprint density at radius 1 is 0.926 bits per heavy atom. The van der Waals surface area contributed by atoms with Crippen molar-refractivity contribution >= 4 is 23.6 Å². The summed E-state index contributed by atoms with van der Waals surface area (Å²) in [6.07, 6.45) is 4.92. The quantitative estimate of drug-likeness (QED) is 0.431. The van der Waals surface area contributed by atoms with Crippen LogP contribution < -0.4 is 10.6 Å². The molecule has 3 aliphatic rings. The van der Waals surface area contributed by atoms with Crippen LogP contribution in [0.1, 0.15) is 16.8 Å². The number of benzene rings is 1. The van der Waals surface area contributed by atoms with Crippen molar-refractivity contribution in [1.82, 2.24) is 15.5 Å². The Kier molecular flexibility index (Phi) is 4.51. The number of carbonyl (C=O) groups excluding carboxylic acids is 4. The van der Waals surface area contributed by atoms with Crippen molar-refractivity contribution in [2.75, 3.05) is 19.6 Å². The van der Waals surface area contributed by atoms with Gasteiger partial charge >= 0.3 is 0 Å². The summed E-state index contributed by atoms with van der Waals surface area (Å²) in [4.78, 5) is 50.2. The zero-order valence-electron chi connectivity index (χ0n) is 14.8. The molecule has 1 saturated carbocycles. The lowest BCUT2D eigenvalue weighted by Gasteiger charge is -2.16. The van der Waals surface area contributed by atoms with Gasteiger partial charge in [0.1, 0.15) is 6.54 Å². The normalized spacial score (nSPS) is 27.8. The van der Waals surface area contributed by atoms with E-state index < -0.39 is 5.91 Å². The molecule has 2 aliphatic carbocycles. The fraction of sp³-hybridized carbons (Fsp3) is 0.400. The van der Waals surface area contributed by atoms with E-state index in [0.717, 1.165) is 11.3 Å². The van der Waals surface area contributed by atoms with Crippen LogP contribution in [0.2, 0.25) is 0 Å². The average molecular weight is 367 g/mol. The van der Waals surface area contributed by atoms with E-state index in [9.17, 15) is 19.2 Å². The molecular formula is C20H21N3O4. The average Bonchev–Trinajstić information content (AvgIpc) is 3.36. The standard InChI is InChI=1S/C20H21N3O4/c24-15(21-8-9-22-18(25)12-4-2-1-3-5-12)11-23-19(26)16-13-6-7-14(10-13)17(16)20(23)27/h1-7,13-14,16-17H,8-11H2,(H,21,24)(H,22,25). The lowest BCUT2D eigenvalue weighted by Crippen LogP contribution is -2.43. The van der Waals surface area contributed by atoms with E-state index in [1.807, 2.05) is 18.2 Å². The Bertz CT molecular complexity index is 790. The smallest absolute Gasteiger partial charge is 0.251 e. The predicted octanol–water partition coefficient (Wildman–Crippen LogP) is 0.340. The van der Waals surface area contributed by atoms with Gasteiger partial charge in [-0.05, 0) is 30.4 Å². The van der Waals surface area contributed by atoms with Gasteiger partial charge in [0.05, 0.1) is 11.8 Å². The zero-order chi connectivity index (χ0) is 19.0. The number of hydrogen-bond acceptors (Lipinski definition) is 4. The zero-order valence-corrected chi connectivity index (χ0v) is 14.8. The van der Waals surface area contributed by atoms with Gasteiger partial charge in [-0.2, -0.15) is 0 Å². The highest BCUT2D eigenvalue weighted by Gasteiger charge is 2.59. The molecule has 0 radical (unpaired) electrons. The van der Waals surface area contributed by atoms with Gasteiger partial charge in [0.2, 0.25) is 17.7 Å². The molecule has 1 aromatic rings. The lowest BCUT2D eigenvalue weighted by molar-refractivity contribution is -0.144. The summed E-state index contributed by atoms with van der Waals surface area (Å²) < 4.78 is 0. The summed E-state index contributed by atoms with van der Waals surface area (Å²) in [5.41, 5.74) is 0.548. The fourth-order valence-corrected chi connectivity index (χ4v) is 4.39. The van der Waals surface area contributed by atoms with Gasteiger partial charge < -0.3 is 10.6 Å². The van der Waals surface area contributed by atoms with Crippen molar-refractivity contribution < 1.29 is 19.2 Å². The van der Waals surface area contributed by atoms with Crippen LogP contribution in [0.25, 0.3) is 0 Å². The summed E-state index contributed by atoms with van der Waals surface area (Å²) in [5, 5.41) is 5.35. The van der Waals surface area contributed by atoms with Crippen molar-refractivity contribution in [3.63, 3.8) is 0 Å². The molecule has 0 spiro atoms. The molecule has 4 amide bonds. The predicted molar refractivity (Wildman–Crippen MR) is 96.2 cm³/mol. The highest BCUT2D eigenvalue weighted by molar-refractivity contribution is 6.08. The van der Waals surface area contributed by atoms with Gasteiger partial charge in [-0.15, -0.1) is 0 Å². The summed E-state index contributed by atoms with van der Waals surface area (Å²) >= 11 is 0. The van der Waals surface area contributed by atoms with Gasteiger partial charge in [0.15, 0.2) is 0 Å². The summed E-state index contributed by atoms with van der Waals surface area (Å²) in [7, 11) is 0. The highest BCUT2D eigenvalue weighted by Crippen LogP contribution is 2.52. The van der Waals surface area contributed by atoms with Gasteiger partial charge in [-0.25, -0.2) is 0 Å². The number of allylic oxidation sites excluding steroid dienone is 2. The number of amides is 4. The van der Waals surface area contributed by atoms with Crippen LogP contribution in [0, 0.1) is 23.7 Å². The maximum Gasteiger partial charge on any atom is 0.251 e. The summed E-state index contributed by atoms with van der Waals surface area (Å²) in [6.45, 7) is 0.241. The molecule has 2 fully saturated rings.